The lowest BCUT2D eigenvalue weighted by Gasteiger charge is -2.05. The number of pyridine rings is 1. The van der Waals surface area contributed by atoms with E-state index in [0.29, 0.717) is 16.6 Å². The fourth-order valence-corrected chi connectivity index (χ4v) is 2.35. The average molecular weight is 266 g/mol. The molecule has 6 heteroatoms. The summed E-state index contributed by atoms with van der Waals surface area (Å²) in [5.74, 6) is -0.361. The molecule has 0 amide bonds. The van der Waals surface area contributed by atoms with Crippen LogP contribution in [0, 0.1) is 5.82 Å². The Labute approximate surface area is 109 Å². The first-order valence-corrected chi connectivity index (χ1v) is 6.64. The molecule has 0 aliphatic rings. The SMILES string of the molecule is CC(C)NCCc1nnc(-c2ccncc2F)s1. The fourth-order valence-electron chi connectivity index (χ4n) is 1.48. The Balaban J connectivity index is 2.04. The number of rotatable bonds is 5. The summed E-state index contributed by atoms with van der Waals surface area (Å²) in [5.41, 5.74) is 0.463. The molecule has 2 aromatic rings. The molecule has 96 valence electrons. The third-order valence-electron chi connectivity index (χ3n) is 2.36. The first kappa shape index (κ1) is 13.0. The highest BCUT2D eigenvalue weighted by atomic mass is 32.1. The molecule has 0 fully saturated rings. The Morgan fingerprint density at radius 3 is 2.94 bits per heavy atom. The molecular formula is C12H15FN4S. The summed E-state index contributed by atoms with van der Waals surface area (Å²) in [6.45, 7) is 5.04. The van der Waals surface area contributed by atoms with E-state index < -0.39 is 0 Å². The van der Waals surface area contributed by atoms with E-state index in [9.17, 15) is 4.39 Å². The van der Waals surface area contributed by atoms with Crippen LogP contribution in [0.25, 0.3) is 10.6 Å². The number of nitrogens with zero attached hydrogens (tertiary/aromatic N) is 3. The van der Waals surface area contributed by atoms with Crippen LogP contribution in [0.15, 0.2) is 18.5 Å². The van der Waals surface area contributed by atoms with E-state index in [2.05, 4.69) is 34.3 Å². The van der Waals surface area contributed by atoms with Gasteiger partial charge in [0.2, 0.25) is 0 Å². The highest BCUT2D eigenvalue weighted by Crippen LogP contribution is 2.25. The number of hydrogen-bond acceptors (Lipinski definition) is 5. The molecule has 2 rings (SSSR count). The largest absolute Gasteiger partial charge is 0.314 e. The van der Waals surface area contributed by atoms with Crippen molar-refractivity contribution < 1.29 is 4.39 Å². The number of halogens is 1. The van der Waals surface area contributed by atoms with Gasteiger partial charge < -0.3 is 5.32 Å². The minimum atomic E-state index is -0.361. The van der Waals surface area contributed by atoms with Gasteiger partial charge in [0.05, 0.1) is 11.8 Å². The highest BCUT2D eigenvalue weighted by molar-refractivity contribution is 7.14. The molecule has 0 bridgehead atoms. The zero-order valence-electron chi connectivity index (χ0n) is 10.4. The maximum atomic E-state index is 13.5. The molecule has 0 atom stereocenters. The predicted octanol–water partition coefficient (Wildman–Crippen LogP) is 2.28. The fraction of sp³-hybridized carbons (Fsp3) is 0.417. The standard InChI is InChI=1S/C12H15FN4S/c1-8(2)15-6-4-11-16-17-12(18-11)9-3-5-14-7-10(9)13/h3,5,7-8,15H,4,6H2,1-2H3. The van der Waals surface area contributed by atoms with Crippen molar-refractivity contribution in [1.29, 1.82) is 0 Å². The van der Waals surface area contributed by atoms with Crippen LogP contribution >= 0.6 is 11.3 Å². The lowest BCUT2D eigenvalue weighted by atomic mass is 10.3. The van der Waals surface area contributed by atoms with Crippen molar-refractivity contribution >= 4 is 11.3 Å². The van der Waals surface area contributed by atoms with Crippen molar-refractivity contribution in [3.63, 3.8) is 0 Å². The van der Waals surface area contributed by atoms with Crippen LogP contribution in [0.1, 0.15) is 18.9 Å². The third kappa shape index (κ3) is 3.30. The maximum Gasteiger partial charge on any atom is 0.151 e. The van der Waals surface area contributed by atoms with Crippen molar-refractivity contribution in [3.8, 4) is 10.6 Å². The molecule has 2 aromatic heterocycles. The molecular weight excluding hydrogens is 251 g/mol. The van der Waals surface area contributed by atoms with E-state index in [-0.39, 0.29) is 5.82 Å². The van der Waals surface area contributed by atoms with Crippen LogP contribution < -0.4 is 5.32 Å². The van der Waals surface area contributed by atoms with Gasteiger partial charge in [0, 0.05) is 25.2 Å². The van der Waals surface area contributed by atoms with E-state index in [1.165, 1.54) is 17.5 Å². The van der Waals surface area contributed by atoms with Crippen molar-refractivity contribution in [2.24, 2.45) is 0 Å². The monoisotopic (exact) mass is 266 g/mol. The van der Waals surface area contributed by atoms with Crippen LogP contribution in [0.5, 0.6) is 0 Å². The van der Waals surface area contributed by atoms with Crippen LogP contribution in [-0.2, 0) is 6.42 Å². The number of aromatic nitrogens is 3. The molecule has 0 aromatic carbocycles. The van der Waals surface area contributed by atoms with E-state index in [1.54, 1.807) is 12.3 Å². The second-order valence-electron chi connectivity index (χ2n) is 4.22. The van der Waals surface area contributed by atoms with Gasteiger partial charge in [-0.05, 0) is 6.07 Å². The summed E-state index contributed by atoms with van der Waals surface area (Å²) in [6.07, 6.45) is 3.55. The number of hydrogen-bond donors (Lipinski definition) is 1. The third-order valence-corrected chi connectivity index (χ3v) is 3.38. The van der Waals surface area contributed by atoms with Gasteiger partial charge in [-0.15, -0.1) is 10.2 Å². The van der Waals surface area contributed by atoms with E-state index in [0.717, 1.165) is 18.0 Å². The van der Waals surface area contributed by atoms with Gasteiger partial charge in [-0.1, -0.05) is 25.2 Å². The normalized spacial score (nSPS) is 11.1. The van der Waals surface area contributed by atoms with Crippen molar-refractivity contribution in [2.45, 2.75) is 26.3 Å². The molecule has 0 unspecified atom stereocenters. The van der Waals surface area contributed by atoms with Crippen LogP contribution in [0.4, 0.5) is 4.39 Å². The Morgan fingerprint density at radius 1 is 1.39 bits per heavy atom. The van der Waals surface area contributed by atoms with Gasteiger partial charge >= 0.3 is 0 Å². The van der Waals surface area contributed by atoms with E-state index >= 15 is 0 Å². The summed E-state index contributed by atoms with van der Waals surface area (Å²) in [4.78, 5) is 3.72. The maximum absolute atomic E-state index is 13.5. The Hall–Kier alpha value is -1.40. The van der Waals surface area contributed by atoms with Crippen LogP contribution in [0.3, 0.4) is 0 Å². The molecule has 4 nitrogen and oxygen atoms in total. The van der Waals surface area contributed by atoms with Crippen molar-refractivity contribution in [2.75, 3.05) is 6.54 Å². The molecule has 1 N–H and O–H groups in total. The zero-order valence-corrected chi connectivity index (χ0v) is 11.2. The summed E-state index contributed by atoms with van der Waals surface area (Å²) in [7, 11) is 0. The topological polar surface area (TPSA) is 50.7 Å². The predicted molar refractivity (Wildman–Crippen MR) is 69.9 cm³/mol. The second-order valence-corrected chi connectivity index (χ2v) is 5.28. The average Bonchev–Trinajstić information content (AvgIpc) is 2.78. The van der Waals surface area contributed by atoms with Crippen LogP contribution in [-0.4, -0.2) is 27.8 Å². The molecule has 0 aliphatic carbocycles. The quantitative estimate of drug-likeness (QED) is 0.902. The Morgan fingerprint density at radius 2 is 2.22 bits per heavy atom. The van der Waals surface area contributed by atoms with Gasteiger partial charge in [-0.3, -0.25) is 4.98 Å². The minimum absolute atomic E-state index is 0.361. The molecule has 18 heavy (non-hydrogen) atoms. The van der Waals surface area contributed by atoms with E-state index in [4.69, 9.17) is 0 Å². The second kappa shape index (κ2) is 5.97. The van der Waals surface area contributed by atoms with Gasteiger partial charge in [-0.2, -0.15) is 0 Å². The van der Waals surface area contributed by atoms with Crippen LogP contribution in [0.2, 0.25) is 0 Å². The molecule has 0 spiro atoms. The van der Waals surface area contributed by atoms with Gasteiger partial charge in [-0.25, -0.2) is 4.39 Å². The first-order valence-electron chi connectivity index (χ1n) is 5.82. The molecule has 0 radical (unpaired) electrons. The lowest BCUT2D eigenvalue weighted by molar-refractivity contribution is 0.588. The summed E-state index contributed by atoms with van der Waals surface area (Å²) < 4.78 is 13.5. The number of nitrogens with one attached hydrogen (secondary N) is 1. The smallest absolute Gasteiger partial charge is 0.151 e. The molecule has 0 saturated carbocycles. The molecule has 0 saturated heterocycles. The van der Waals surface area contributed by atoms with Gasteiger partial charge in [0.1, 0.15) is 5.01 Å². The summed E-state index contributed by atoms with van der Waals surface area (Å²) in [6, 6.07) is 2.07. The molecule has 2 heterocycles. The Bertz CT molecular complexity index is 512. The minimum Gasteiger partial charge on any atom is -0.314 e. The van der Waals surface area contributed by atoms with Gasteiger partial charge in [0.15, 0.2) is 10.8 Å². The van der Waals surface area contributed by atoms with Gasteiger partial charge in [0.25, 0.3) is 0 Å². The molecule has 0 aliphatic heterocycles. The zero-order chi connectivity index (χ0) is 13.0. The summed E-state index contributed by atoms with van der Waals surface area (Å²) in [5, 5.41) is 12.9. The highest BCUT2D eigenvalue weighted by Gasteiger charge is 2.10. The first-order chi connectivity index (χ1) is 8.66. The van der Waals surface area contributed by atoms with E-state index in [1.807, 2.05) is 0 Å². The Kier molecular flexibility index (Phi) is 4.33. The van der Waals surface area contributed by atoms with Crippen molar-refractivity contribution in [1.82, 2.24) is 20.5 Å². The van der Waals surface area contributed by atoms with Crippen molar-refractivity contribution in [3.05, 3.63) is 29.3 Å². The lowest BCUT2D eigenvalue weighted by Crippen LogP contribution is -2.24. The summed E-state index contributed by atoms with van der Waals surface area (Å²) >= 11 is 1.42.